The van der Waals surface area contributed by atoms with Crippen LogP contribution in [0.4, 0.5) is 0 Å². The number of likely N-dealkylation sites (tertiary alicyclic amines) is 1. The molecule has 1 fully saturated rings. The van der Waals surface area contributed by atoms with Crippen molar-refractivity contribution in [2.45, 2.75) is 30.2 Å². The number of hydrogen-bond donors (Lipinski definition) is 1. The van der Waals surface area contributed by atoms with E-state index in [0.717, 1.165) is 24.8 Å². The average Bonchev–Trinajstić information content (AvgIpc) is 3.16. The monoisotopic (exact) mass is 446 g/mol. The number of carbonyl (C=O) groups is 1. The molecular weight excluding hydrogens is 420 g/mol. The Morgan fingerprint density at radius 1 is 1.10 bits per heavy atom. The van der Waals surface area contributed by atoms with Crippen molar-refractivity contribution >= 4 is 15.9 Å². The number of rotatable bonds is 5. The van der Waals surface area contributed by atoms with Crippen molar-refractivity contribution in [1.82, 2.24) is 9.62 Å². The van der Waals surface area contributed by atoms with Gasteiger partial charge in [-0.2, -0.15) is 0 Å². The zero-order valence-corrected chi connectivity index (χ0v) is 18.4. The highest BCUT2D eigenvalue weighted by Gasteiger charge is 2.32. The predicted octanol–water partition coefficient (Wildman–Crippen LogP) is 2.74. The Labute approximate surface area is 182 Å². The van der Waals surface area contributed by atoms with E-state index in [0.29, 0.717) is 36.8 Å². The van der Waals surface area contributed by atoms with Gasteiger partial charge in [-0.25, -0.2) is 13.1 Å². The molecule has 2 aliphatic rings. The van der Waals surface area contributed by atoms with Gasteiger partial charge in [0, 0.05) is 18.5 Å². The van der Waals surface area contributed by atoms with Crippen molar-refractivity contribution in [3.05, 3.63) is 47.5 Å². The molecule has 1 saturated heterocycles. The van der Waals surface area contributed by atoms with Crippen molar-refractivity contribution in [3.8, 4) is 17.2 Å². The molecule has 1 atom stereocenters. The lowest BCUT2D eigenvalue weighted by Crippen LogP contribution is -2.31. The molecule has 4 rings (SSSR count). The van der Waals surface area contributed by atoms with Crippen LogP contribution in [-0.2, 0) is 10.0 Å². The third kappa shape index (κ3) is 4.20. The first-order valence-electron chi connectivity index (χ1n) is 10.3. The summed E-state index contributed by atoms with van der Waals surface area (Å²) >= 11 is 0. The average molecular weight is 447 g/mol. The summed E-state index contributed by atoms with van der Waals surface area (Å²) in [4.78, 5) is 15.1. The second kappa shape index (κ2) is 8.76. The summed E-state index contributed by atoms with van der Waals surface area (Å²) in [6, 6.07) is 10.2. The molecule has 8 nitrogen and oxygen atoms in total. The minimum absolute atomic E-state index is 0.0605. The minimum atomic E-state index is -3.78. The van der Waals surface area contributed by atoms with Crippen molar-refractivity contribution in [3.63, 3.8) is 0 Å². The second-order valence-corrected chi connectivity index (χ2v) is 9.34. The standard InChI is InChI=1S/C22H26N2O6S/c1-23-31(26,27)21-14-16(7-9-19(21)28-2)22(25)24-10-3-5-17(24)15-6-8-18-20(13-15)30-12-4-11-29-18/h6-9,13-14,17,23H,3-5,10-12H2,1-2H3/t17-/m1/s1. The van der Waals surface area contributed by atoms with E-state index in [-0.39, 0.29) is 22.6 Å². The van der Waals surface area contributed by atoms with Gasteiger partial charge in [0.1, 0.15) is 10.6 Å². The van der Waals surface area contributed by atoms with Crippen LogP contribution in [0.2, 0.25) is 0 Å². The van der Waals surface area contributed by atoms with Crippen LogP contribution < -0.4 is 18.9 Å². The van der Waals surface area contributed by atoms with Gasteiger partial charge in [-0.15, -0.1) is 0 Å². The number of benzene rings is 2. The third-order valence-electron chi connectivity index (χ3n) is 5.64. The summed E-state index contributed by atoms with van der Waals surface area (Å²) in [6.07, 6.45) is 2.51. The summed E-state index contributed by atoms with van der Waals surface area (Å²) < 4.78 is 43.7. The molecular formula is C22H26N2O6S. The van der Waals surface area contributed by atoms with Crippen LogP contribution in [0.15, 0.2) is 41.3 Å². The van der Waals surface area contributed by atoms with Gasteiger partial charge in [-0.3, -0.25) is 4.79 Å². The number of nitrogens with zero attached hydrogens (tertiary/aromatic N) is 1. The highest BCUT2D eigenvalue weighted by molar-refractivity contribution is 7.89. The minimum Gasteiger partial charge on any atom is -0.495 e. The summed E-state index contributed by atoms with van der Waals surface area (Å²) in [5, 5.41) is 0. The van der Waals surface area contributed by atoms with Gasteiger partial charge in [0.15, 0.2) is 11.5 Å². The fraction of sp³-hybridized carbons (Fsp3) is 0.409. The van der Waals surface area contributed by atoms with Gasteiger partial charge in [0.25, 0.3) is 5.91 Å². The second-order valence-electron chi connectivity index (χ2n) is 7.49. The largest absolute Gasteiger partial charge is 0.495 e. The lowest BCUT2D eigenvalue weighted by molar-refractivity contribution is 0.0735. The molecule has 0 aromatic heterocycles. The van der Waals surface area contributed by atoms with Gasteiger partial charge in [-0.1, -0.05) is 6.07 Å². The van der Waals surface area contributed by atoms with Crippen LogP contribution in [0.3, 0.4) is 0 Å². The van der Waals surface area contributed by atoms with E-state index < -0.39 is 10.0 Å². The van der Waals surface area contributed by atoms with Gasteiger partial charge in [0.05, 0.1) is 26.4 Å². The molecule has 0 bridgehead atoms. The van der Waals surface area contributed by atoms with Gasteiger partial charge >= 0.3 is 0 Å². The molecule has 2 aromatic rings. The number of sulfonamides is 1. The quantitative estimate of drug-likeness (QED) is 0.759. The molecule has 0 spiro atoms. The number of hydrogen-bond acceptors (Lipinski definition) is 6. The van der Waals surface area contributed by atoms with Crippen LogP contribution in [-0.4, -0.2) is 53.1 Å². The number of fused-ring (bicyclic) bond motifs is 1. The summed E-state index contributed by atoms with van der Waals surface area (Å²) in [7, 11) is -1.06. The first-order valence-corrected chi connectivity index (χ1v) is 11.7. The maximum atomic E-state index is 13.4. The molecule has 0 unspecified atom stereocenters. The molecule has 166 valence electrons. The van der Waals surface area contributed by atoms with Crippen molar-refractivity contribution in [1.29, 1.82) is 0 Å². The van der Waals surface area contributed by atoms with Gasteiger partial charge in [-0.05, 0) is 55.8 Å². The molecule has 0 radical (unpaired) electrons. The van der Waals surface area contributed by atoms with Crippen molar-refractivity contribution < 1.29 is 27.4 Å². The highest BCUT2D eigenvalue weighted by atomic mass is 32.2. The van der Waals surface area contributed by atoms with Crippen LogP contribution in [0, 0.1) is 0 Å². The van der Waals surface area contributed by atoms with Crippen molar-refractivity contribution in [2.24, 2.45) is 0 Å². The van der Waals surface area contributed by atoms with E-state index in [1.54, 1.807) is 11.0 Å². The molecule has 1 N–H and O–H groups in total. The summed E-state index contributed by atoms with van der Waals surface area (Å²) in [5.74, 6) is 1.38. The number of nitrogens with one attached hydrogen (secondary N) is 1. The van der Waals surface area contributed by atoms with E-state index in [1.807, 2.05) is 18.2 Å². The maximum absolute atomic E-state index is 13.4. The lowest BCUT2D eigenvalue weighted by Gasteiger charge is -2.26. The Bertz CT molecular complexity index is 1090. The fourth-order valence-corrected chi connectivity index (χ4v) is 4.96. The summed E-state index contributed by atoms with van der Waals surface area (Å²) in [5.41, 5.74) is 1.28. The number of amides is 1. The van der Waals surface area contributed by atoms with E-state index in [4.69, 9.17) is 14.2 Å². The van der Waals surface area contributed by atoms with Crippen LogP contribution in [0.5, 0.6) is 17.2 Å². The smallest absolute Gasteiger partial charge is 0.254 e. The highest BCUT2D eigenvalue weighted by Crippen LogP contribution is 2.39. The van der Waals surface area contributed by atoms with Crippen LogP contribution >= 0.6 is 0 Å². The summed E-state index contributed by atoms with van der Waals surface area (Å²) in [6.45, 7) is 1.81. The topological polar surface area (TPSA) is 94.2 Å². The Hall–Kier alpha value is -2.78. The van der Waals surface area contributed by atoms with E-state index in [2.05, 4.69) is 4.72 Å². The molecule has 9 heteroatoms. The molecule has 31 heavy (non-hydrogen) atoms. The van der Waals surface area contributed by atoms with E-state index in [1.165, 1.54) is 26.3 Å². The van der Waals surface area contributed by atoms with Crippen LogP contribution in [0.25, 0.3) is 0 Å². The zero-order valence-electron chi connectivity index (χ0n) is 17.6. The van der Waals surface area contributed by atoms with Crippen LogP contribution in [0.1, 0.15) is 41.2 Å². The zero-order chi connectivity index (χ0) is 22.0. The SMILES string of the molecule is CNS(=O)(=O)c1cc(C(=O)N2CCC[C@@H]2c2ccc3c(c2)OCCCO3)ccc1OC. The maximum Gasteiger partial charge on any atom is 0.254 e. The first-order chi connectivity index (χ1) is 14.9. The Kier molecular flexibility index (Phi) is 6.06. The Balaban J connectivity index is 1.64. The Morgan fingerprint density at radius 3 is 2.61 bits per heavy atom. The van der Waals surface area contributed by atoms with Gasteiger partial charge in [0.2, 0.25) is 10.0 Å². The molecule has 0 saturated carbocycles. The molecule has 1 amide bonds. The molecule has 0 aliphatic carbocycles. The molecule has 2 aliphatic heterocycles. The fourth-order valence-electron chi connectivity index (χ4n) is 4.04. The number of carbonyl (C=O) groups excluding carboxylic acids is 1. The first kappa shape index (κ1) is 21.5. The normalized spacial score (nSPS) is 18.5. The molecule has 2 aromatic carbocycles. The van der Waals surface area contributed by atoms with Gasteiger partial charge < -0.3 is 19.1 Å². The lowest BCUT2D eigenvalue weighted by atomic mass is 10.0. The number of ether oxygens (including phenoxy) is 3. The number of methoxy groups -OCH3 is 1. The Morgan fingerprint density at radius 2 is 1.87 bits per heavy atom. The predicted molar refractivity (Wildman–Crippen MR) is 114 cm³/mol. The third-order valence-corrected chi connectivity index (χ3v) is 7.07. The van der Waals surface area contributed by atoms with E-state index >= 15 is 0 Å². The molecule has 2 heterocycles. The van der Waals surface area contributed by atoms with Crippen molar-refractivity contribution in [2.75, 3.05) is 33.9 Å². The van der Waals surface area contributed by atoms with E-state index in [9.17, 15) is 13.2 Å².